The molecule has 2 heterocycles. The first-order valence-corrected chi connectivity index (χ1v) is 13.1. The van der Waals surface area contributed by atoms with Crippen molar-refractivity contribution in [2.24, 2.45) is 4.99 Å². The molecule has 2 aliphatic heterocycles. The number of rotatable bonds is 15. The van der Waals surface area contributed by atoms with E-state index in [1.54, 1.807) is 23.7 Å². The van der Waals surface area contributed by atoms with Gasteiger partial charge in [0.15, 0.2) is 17.4 Å². The second-order valence-corrected chi connectivity index (χ2v) is 9.67. The number of fused-ring (bicyclic) bond motifs is 1. The Bertz CT molecular complexity index is 569. The van der Waals surface area contributed by atoms with Gasteiger partial charge in [-0.25, -0.2) is 9.79 Å². The Hall–Kier alpha value is -1.24. The van der Waals surface area contributed by atoms with Crippen molar-refractivity contribution in [1.82, 2.24) is 15.1 Å². The van der Waals surface area contributed by atoms with Crippen molar-refractivity contribution in [2.45, 2.75) is 110 Å². The molecule has 7 heteroatoms. The van der Waals surface area contributed by atoms with Crippen LogP contribution in [-0.2, 0) is 4.79 Å². The molecule has 0 aromatic heterocycles. The summed E-state index contributed by atoms with van der Waals surface area (Å²) in [7, 11) is 1.73. The molecule has 2 aliphatic rings. The highest BCUT2D eigenvalue weighted by Crippen LogP contribution is 2.29. The number of urea groups is 1. The molecule has 0 aromatic rings. The maximum atomic E-state index is 12.6. The molecule has 0 spiro atoms. The molecule has 6 nitrogen and oxygen atoms in total. The maximum Gasteiger partial charge on any atom is 0.325 e. The molecule has 172 valence electrons. The second kappa shape index (κ2) is 13.9. The largest absolute Gasteiger partial charge is 0.336 e. The van der Waals surface area contributed by atoms with Gasteiger partial charge in [-0.1, -0.05) is 96.2 Å². The van der Waals surface area contributed by atoms with Crippen LogP contribution in [0.3, 0.4) is 0 Å². The summed E-state index contributed by atoms with van der Waals surface area (Å²) in [5, 5.41) is 3.44. The minimum absolute atomic E-state index is 0.204. The van der Waals surface area contributed by atoms with Crippen LogP contribution in [0.5, 0.6) is 0 Å². The van der Waals surface area contributed by atoms with E-state index >= 15 is 0 Å². The van der Waals surface area contributed by atoms with Gasteiger partial charge in [-0.15, -0.1) is 0 Å². The Morgan fingerprint density at radius 3 is 2.07 bits per heavy atom. The molecule has 1 N–H and O–H groups in total. The zero-order chi connectivity index (χ0) is 21.8. The van der Waals surface area contributed by atoms with Crippen LogP contribution in [0.4, 0.5) is 4.79 Å². The molecule has 0 aromatic carbocycles. The van der Waals surface area contributed by atoms with Crippen molar-refractivity contribution < 1.29 is 9.59 Å². The molecule has 2 atom stereocenters. The molecule has 1 saturated heterocycles. The van der Waals surface area contributed by atoms with Gasteiger partial charge in [0.25, 0.3) is 5.91 Å². The predicted octanol–water partition coefficient (Wildman–Crippen LogP) is 5.38. The number of aliphatic imine (C=N–C) groups is 1. The molecule has 0 aliphatic carbocycles. The maximum absolute atomic E-state index is 12.6. The quantitative estimate of drug-likeness (QED) is 0.349. The molecule has 2 rings (SSSR count). The smallest absolute Gasteiger partial charge is 0.325 e. The first-order valence-electron chi connectivity index (χ1n) is 12.1. The molecule has 0 bridgehead atoms. The summed E-state index contributed by atoms with van der Waals surface area (Å²) >= 11 is 1.76. The molecule has 0 radical (unpaired) electrons. The molecular formula is C23H42N4O2S. The normalized spacial score (nSPS) is 21.1. The summed E-state index contributed by atoms with van der Waals surface area (Å²) in [6.45, 7) is 5.32. The average Bonchev–Trinajstić information content (AvgIpc) is 3.10. The van der Waals surface area contributed by atoms with E-state index in [2.05, 4.69) is 24.1 Å². The minimum Gasteiger partial charge on any atom is -0.336 e. The third kappa shape index (κ3) is 7.47. The molecule has 30 heavy (non-hydrogen) atoms. The number of unbranched alkanes of at least 4 members (excludes halogenated alkanes) is 11. The predicted molar refractivity (Wildman–Crippen MR) is 127 cm³/mol. The Morgan fingerprint density at radius 1 is 0.867 bits per heavy atom. The van der Waals surface area contributed by atoms with Gasteiger partial charge in [-0.2, -0.15) is 0 Å². The van der Waals surface area contributed by atoms with Gasteiger partial charge in [-0.05, 0) is 12.8 Å². The first-order chi connectivity index (χ1) is 14.6. The lowest BCUT2D eigenvalue weighted by atomic mass is 10.1. The van der Waals surface area contributed by atoms with Crippen molar-refractivity contribution in [3.8, 4) is 0 Å². The summed E-state index contributed by atoms with van der Waals surface area (Å²) in [6.07, 6.45) is 16.0. The zero-order valence-electron chi connectivity index (χ0n) is 19.3. The van der Waals surface area contributed by atoms with E-state index in [0.29, 0.717) is 0 Å². The second-order valence-electron chi connectivity index (χ2n) is 8.61. The molecular weight excluding hydrogens is 396 g/mol. The van der Waals surface area contributed by atoms with E-state index < -0.39 is 0 Å². The summed E-state index contributed by atoms with van der Waals surface area (Å²) in [6, 6.07) is -0.720. The van der Waals surface area contributed by atoms with Gasteiger partial charge < -0.3 is 9.80 Å². The number of hydrogen-bond acceptors (Lipinski definition) is 5. The fourth-order valence-electron chi connectivity index (χ4n) is 4.14. The number of nitrogens with one attached hydrogen (secondary N) is 1. The lowest BCUT2D eigenvalue weighted by molar-refractivity contribution is -0.127. The Kier molecular flexibility index (Phi) is 11.6. The fourth-order valence-corrected chi connectivity index (χ4v) is 5.23. The first kappa shape index (κ1) is 25.0. The van der Waals surface area contributed by atoms with E-state index in [1.165, 1.54) is 77.0 Å². The third-order valence-corrected chi connectivity index (χ3v) is 7.15. The highest BCUT2D eigenvalue weighted by atomic mass is 32.2. The van der Waals surface area contributed by atoms with Crippen LogP contribution in [0.2, 0.25) is 0 Å². The Balaban J connectivity index is 1.85. The zero-order valence-corrected chi connectivity index (χ0v) is 20.1. The van der Waals surface area contributed by atoms with E-state index in [0.717, 1.165) is 23.9 Å². The average molecular weight is 439 g/mol. The molecule has 3 amide bonds. The summed E-state index contributed by atoms with van der Waals surface area (Å²) < 4.78 is 0. The number of amidine groups is 1. The SMILES string of the molecule is CCCCCCCCCN1C(SCCCCCCCC)=NC2C1C(=O)NC(=O)N2C. The van der Waals surface area contributed by atoms with Gasteiger partial charge in [0.05, 0.1) is 0 Å². The monoisotopic (exact) mass is 438 g/mol. The number of likely N-dealkylation sites (N-methyl/N-ethyl adjacent to an activating group) is 1. The lowest BCUT2D eigenvalue weighted by Crippen LogP contribution is -2.63. The van der Waals surface area contributed by atoms with Crippen LogP contribution in [0.1, 0.15) is 97.3 Å². The Morgan fingerprint density at radius 2 is 1.43 bits per heavy atom. The number of imide groups is 1. The van der Waals surface area contributed by atoms with Crippen LogP contribution in [0.15, 0.2) is 4.99 Å². The standard InChI is InChI=1S/C23H42N4O2S/c1-4-6-8-10-12-13-15-17-27-19-20(26(3)22(29)25-21(19)28)24-23(27)30-18-16-14-11-9-7-5-2/h19-20H,4-18H2,1-3H3,(H,25,28,29). The van der Waals surface area contributed by atoms with Crippen molar-refractivity contribution in [3.63, 3.8) is 0 Å². The summed E-state index contributed by atoms with van der Waals surface area (Å²) in [5.41, 5.74) is 0. The van der Waals surface area contributed by atoms with E-state index in [9.17, 15) is 9.59 Å². The van der Waals surface area contributed by atoms with Crippen LogP contribution in [-0.4, -0.2) is 58.5 Å². The van der Waals surface area contributed by atoms with Crippen molar-refractivity contribution in [3.05, 3.63) is 0 Å². The number of carbonyl (C=O) groups is 2. The number of nitrogens with zero attached hydrogens (tertiary/aromatic N) is 3. The van der Waals surface area contributed by atoms with E-state index in [4.69, 9.17) is 4.99 Å². The van der Waals surface area contributed by atoms with Crippen molar-refractivity contribution in [1.29, 1.82) is 0 Å². The van der Waals surface area contributed by atoms with Crippen molar-refractivity contribution >= 4 is 28.9 Å². The van der Waals surface area contributed by atoms with Crippen LogP contribution >= 0.6 is 11.8 Å². The van der Waals surface area contributed by atoms with Gasteiger partial charge in [0.1, 0.15) is 0 Å². The summed E-state index contributed by atoms with van der Waals surface area (Å²) in [5.74, 6) is 0.821. The topological polar surface area (TPSA) is 65.0 Å². The van der Waals surface area contributed by atoms with Gasteiger partial charge in [0.2, 0.25) is 0 Å². The minimum atomic E-state index is -0.386. The number of thioether (sulfide) groups is 1. The third-order valence-electron chi connectivity index (χ3n) is 6.05. The Labute approximate surface area is 187 Å². The van der Waals surface area contributed by atoms with Crippen LogP contribution in [0.25, 0.3) is 0 Å². The van der Waals surface area contributed by atoms with Gasteiger partial charge in [-0.3, -0.25) is 10.1 Å². The lowest BCUT2D eigenvalue weighted by Gasteiger charge is -2.36. The summed E-state index contributed by atoms with van der Waals surface area (Å²) in [4.78, 5) is 33.2. The highest BCUT2D eigenvalue weighted by Gasteiger charge is 2.48. The van der Waals surface area contributed by atoms with Crippen LogP contribution < -0.4 is 5.32 Å². The van der Waals surface area contributed by atoms with Gasteiger partial charge in [0, 0.05) is 19.3 Å². The molecule has 2 unspecified atom stereocenters. The molecule has 0 saturated carbocycles. The number of carbonyl (C=O) groups excluding carboxylic acids is 2. The molecule has 1 fully saturated rings. The van der Waals surface area contributed by atoms with Crippen molar-refractivity contribution in [2.75, 3.05) is 19.3 Å². The number of hydrogen-bond donors (Lipinski definition) is 1. The number of amides is 3. The fraction of sp³-hybridized carbons (Fsp3) is 0.870. The highest BCUT2D eigenvalue weighted by molar-refractivity contribution is 8.13. The van der Waals surface area contributed by atoms with Gasteiger partial charge >= 0.3 is 6.03 Å². The van der Waals surface area contributed by atoms with Crippen LogP contribution in [0, 0.1) is 0 Å². The van der Waals surface area contributed by atoms with E-state index in [-0.39, 0.29) is 24.1 Å². The van der Waals surface area contributed by atoms with E-state index in [1.807, 2.05) is 0 Å².